The van der Waals surface area contributed by atoms with Crippen molar-refractivity contribution in [3.05, 3.63) is 154 Å². The van der Waals surface area contributed by atoms with E-state index in [-0.39, 0.29) is 66.6 Å². The molecule has 0 N–H and O–H groups in total. The van der Waals surface area contributed by atoms with Gasteiger partial charge in [0.15, 0.2) is 25.7 Å². The number of benzene rings is 4. The van der Waals surface area contributed by atoms with Crippen LogP contribution in [0.4, 0.5) is 0 Å². The Morgan fingerprint density at radius 2 is 1.39 bits per heavy atom. The van der Waals surface area contributed by atoms with Gasteiger partial charge < -0.3 is 37.2 Å². The van der Waals surface area contributed by atoms with Crippen molar-refractivity contribution < 1.29 is 42.0 Å². The van der Waals surface area contributed by atoms with Crippen LogP contribution < -0.4 is 15.0 Å². The summed E-state index contributed by atoms with van der Waals surface area (Å²) in [6.45, 7) is 19.8. The van der Waals surface area contributed by atoms with E-state index < -0.39 is 53.0 Å². The molecule has 1 unspecified atom stereocenters. The van der Waals surface area contributed by atoms with Crippen LogP contribution in [0.25, 0.3) is 11.2 Å². The van der Waals surface area contributed by atoms with E-state index in [0.29, 0.717) is 23.5 Å². The number of rotatable bonds is 24. The van der Waals surface area contributed by atoms with E-state index in [2.05, 4.69) is 77.3 Å². The Morgan fingerprint density at radius 1 is 0.811 bits per heavy atom. The van der Waals surface area contributed by atoms with Crippen LogP contribution in [0.3, 0.4) is 0 Å². The van der Waals surface area contributed by atoms with E-state index in [1.54, 1.807) is 49.4 Å². The predicted molar refractivity (Wildman–Crippen MR) is 287 cm³/mol. The van der Waals surface area contributed by atoms with Gasteiger partial charge in [-0.2, -0.15) is 5.26 Å². The van der Waals surface area contributed by atoms with Gasteiger partial charge in [-0.25, -0.2) is 19.4 Å². The second-order valence-electron chi connectivity index (χ2n) is 20.3. The predicted octanol–water partition coefficient (Wildman–Crippen LogP) is 10.8. The minimum atomic E-state index is -2.68. The lowest BCUT2D eigenvalue weighted by molar-refractivity contribution is -0.0928. The number of ether oxygens (including phenoxy) is 5. The van der Waals surface area contributed by atoms with Crippen LogP contribution in [0.1, 0.15) is 94.6 Å². The van der Waals surface area contributed by atoms with Gasteiger partial charge >= 0.3 is 5.97 Å². The van der Waals surface area contributed by atoms with Crippen molar-refractivity contribution >= 4 is 34.0 Å². The molecule has 394 valence electrons. The third-order valence-corrected chi connectivity index (χ3v) is 20.2. The summed E-state index contributed by atoms with van der Waals surface area (Å²) in [4.78, 5) is 36.4. The summed E-state index contributed by atoms with van der Waals surface area (Å²) in [5.41, 5.74) is 1.84. The van der Waals surface area contributed by atoms with Crippen LogP contribution in [0.5, 0.6) is 11.5 Å². The molecule has 0 aliphatic carbocycles. The highest BCUT2D eigenvalue weighted by Gasteiger charge is 2.54. The molecule has 2 aromatic heterocycles. The monoisotopic (exact) mass is 1050 g/mol. The first-order valence-electron chi connectivity index (χ1n) is 25.1. The lowest BCUT2D eigenvalue weighted by atomic mass is 9.80. The number of aryl methyl sites for hydroxylation is 1. The van der Waals surface area contributed by atoms with Crippen molar-refractivity contribution in [2.75, 3.05) is 34.0 Å². The van der Waals surface area contributed by atoms with Gasteiger partial charge in [-0.05, 0) is 105 Å². The van der Waals surface area contributed by atoms with Gasteiger partial charge in [0.25, 0.3) is 14.1 Å². The zero-order valence-corrected chi connectivity index (χ0v) is 46.4. The average molecular weight is 1050 g/mol. The number of carbonyl (C=O) groups is 1. The molecule has 18 heteroatoms. The lowest BCUT2D eigenvalue weighted by Gasteiger charge is -2.43. The summed E-state index contributed by atoms with van der Waals surface area (Å²) < 4.78 is 58.5. The summed E-state index contributed by atoms with van der Waals surface area (Å²) in [5, 5.41) is 9.41. The van der Waals surface area contributed by atoms with Gasteiger partial charge in [-0.1, -0.05) is 93.6 Å². The standard InChI is InChI=1S/C56H71N6O10PSi/c1-39(2)62(40(3)4)73(69-35-18-32-57)71-50-49(72-74(10,11)55(5,6)7)47(36-68-56(42-22-16-13-17-23-42,43-24-28-45(65-8)29-25-43)44-26-30-46(66-9)31-27-44)70-53(50)61-38-58-48-51(61)59-37-60(52(48)63)33-19-34-67-54(64)41-20-14-12-15-21-41/h12-17,20-31,37-40,47,49-50,53H,18-19,33-36H2,1-11H3/t47-,49-,50-,53-,73?/m1/s1. The number of hydrogen-bond donors (Lipinski definition) is 0. The fourth-order valence-electron chi connectivity index (χ4n) is 8.87. The molecule has 16 nitrogen and oxygen atoms in total. The van der Waals surface area contributed by atoms with E-state index in [4.69, 9.17) is 42.1 Å². The molecular weight excluding hydrogens is 976 g/mol. The van der Waals surface area contributed by atoms with Gasteiger partial charge in [0.05, 0.1) is 58.4 Å². The first kappa shape index (κ1) is 55.9. The summed E-state index contributed by atoms with van der Waals surface area (Å²) in [6, 6.07) is 36.7. The Bertz CT molecular complexity index is 2800. The Morgan fingerprint density at radius 3 is 1.95 bits per heavy atom. The van der Waals surface area contributed by atoms with Crippen molar-refractivity contribution in [2.45, 2.75) is 128 Å². The number of esters is 1. The van der Waals surface area contributed by atoms with Crippen LogP contribution in [0, 0.1) is 11.3 Å². The zero-order chi connectivity index (χ0) is 53.2. The number of hydrogen-bond acceptors (Lipinski definition) is 14. The second kappa shape index (κ2) is 24.7. The molecule has 0 bridgehead atoms. The Balaban J connectivity index is 1.34. The first-order chi connectivity index (χ1) is 35.4. The fourth-order valence-corrected chi connectivity index (χ4v) is 11.9. The van der Waals surface area contributed by atoms with Gasteiger partial charge in [0, 0.05) is 18.6 Å². The Labute approximate surface area is 437 Å². The number of nitriles is 1. The molecule has 1 fully saturated rings. The van der Waals surface area contributed by atoms with Crippen LogP contribution in [0.15, 0.2) is 127 Å². The molecule has 0 saturated carbocycles. The molecule has 74 heavy (non-hydrogen) atoms. The molecule has 7 rings (SSSR count). The molecule has 6 aromatic rings. The van der Waals surface area contributed by atoms with Gasteiger partial charge in [-0.3, -0.25) is 13.9 Å². The summed E-state index contributed by atoms with van der Waals surface area (Å²) in [6.07, 6.45) is 0.141. The topological polar surface area (TPSA) is 171 Å². The van der Waals surface area contributed by atoms with Crippen LogP contribution in [0.2, 0.25) is 18.1 Å². The molecule has 4 aromatic carbocycles. The largest absolute Gasteiger partial charge is 0.497 e. The normalized spacial score (nSPS) is 17.7. The van der Waals surface area contributed by atoms with Crippen molar-refractivity contribution in [1.82, 2.24) is 23.8 Å². The van der Waals surface area contributed by atoms with E-state index in [0.717, 1.165) is 16.7 Å². The van der Waals surface area contributed by atoms with Crippen molar-refractivity contribution in [3.8, 4) is 17.6 Å². The molecule has 3 heterocycles. The molecular formula is C56H71N6O10PSi. The summed E-state index contributed by atoms with van der Waals surface area (Å²) in [5.74, 6) is 0.949. The molecule has 0 amide bonds. The quantitative estimate of drug-likeness (QED) is 0.0184. The highest BCUT2D eigenvalue weighted by molar-refractivity contribution is 7.44. The third-order valence-electron chi connectivity index (χ3n) is 13.6. The highest BCUT2D eigenvalue weighted by Crippen LogP contribution is 2.53. The Hall–Kier alpha value is -5.80. The maximum absolute atomic E-state index is 14.2. The lowest BCUT2D eigenvalue weighted by Crippen LogP contribution is -2.51. The van der Waals surface area contributed by atoms with Crippen LogP contribution in [-0.2, 0) is 39.8 Å². The molecule has 1 aliphatic heterocycles. The van der Waals surface area contributed by atoms with Crippen molar-refractivity contribution in [1.29, 1.82) is 5.26 Å². The van der Waals surface area contributed by atoms with Crippen molar-refractivity contribution in [3.63, 3.8) is 0 Å². The van der Waals surface area contributed by atoms with Crippen LogP contribution >= 0.6 is 8.53 Å². The number of carbonyl (C=O) groups excluding carboxylic acids is 1. The number of fused-ring (bicyclic) bond motifs is 1. The first-order valence-corrected chi connectivity index (χ1v) is 29.2. The van der Waals surface area contributed by atoms with E-state index in [9.17, 15) is 14.9 Å². The number of nitrogens with zero attached hydrogens (tertiary/aromatic N) is 6. The zero-order valence-electron chi connectivity index (χ0n) is 44.5. The van der Waals surface area contributed by atoms with E-state index in [1.165, 1.54) is 10.9 Å². The van der Waals surface area contributed by atoms with E-state index >= 15 is 0 Å². The van der Waals surface area contributed by atoms with Crippen molar-refractivity contribution in [2.24, 2.45) is 0 Å². The fraction of sp³-hybridized carbons (Fsp3) is 0.446. The number of methoxy groups -OCH3 is 2. The van der Waals surface area contributed by atoms with Crippen LogP contribution in [-0.4, -0.2) is 102 Å². The molecule has 5 atom stereocenters. The maximum Gasteiger partial charge on any atom is 0.338 e. The third kappa shape index (κ3) is 12.5. The maximum atomic E-state index is 14.2. The summed E-state index contributed by atoms with van der Waals surface area (Å²) in [7, 11) is -1.26. The molecule has 1 aliphatic rings. The van der Waals surface area contributed by atoms with Gasteiger partial charge in [0.2, 0.25) is 0 Å². The highest BCUT2D eigenvalue weighted by atomic mass is 31.2. The molecule has 0 spiro atoms. The average Bonchev–Trinajstić information content (AvgIpc) is 3.97. The number of imidazole rings is 1. The summed E-state index contributed by atoms with van der Waals surface area (Å²) >= 11 is 0. The molecule has 1 saturated heterocycles. The van der Waals surface area contributed by atoms with E-state index in [1.807, 2.05) is 84.9 Å². The SMILES string of the molecule is COc1ccc(C(OC[C@H]2O[C@@H](n3cnc4c(=O)n(CCCOC(=O)c5ccccc5)cnc43)[C@H](OP(OCCC#N)N(C(C)C)C(C)C)[C@@H]2O[Si](C)(C)C(C)(C)C)(c2ccccc2)c2ccc(OC)cc2)cc1. The smallest absolute Gasteiger partial charge is 0.338 e. The Kier molecular flexibility index (Phi) is 18.7. The minimum Gasteiger partial charge on any atom is -0.497 e. The number of aromatic nitrogens is 4. The van der Waals surface area contributed by atoms with Gasteiger partial charge in [-0.15, -0.1) is 0 Å². The van der Waals surface area contributed by atoms with Gasteiger partial charge in [0.1, 0.15) is 41.7 Å². The molecule has 0 radical (unpaired) electrons. The second-order valence-corrected chi connectivity index (χ2v) is 26.4. The minimum absolute atomic E-state index is 0.00436.